The van der Waals surface area contributed by atoms with Crippen molar-refractivity contribution in [3.63, 3.8) is 0 Å². The van der Waals surface area contributed by atoms with Crippen LogP contribution in [0.4, 0.5) is 17.1 Å². The van der Waals surface area contributed by atoms with Gasteiger partial charge < -0.3 is 16.4 Å². The molecular weight excluding hydrogens is 266 g/mol. The molecule has 0 spiro atoms. The molecule has 0 aliphatic heterocycles. The van der Waals surface area contributed by atoms with Gasteiger partial charge in [0.05, 0.1) is 11.4 Å². The maximum atomic E-state index is 11.5. The van der Waals surface area contributed by atoms with Crippen LogP contribution in [0.1, 0.15) is 27.6 Å². The standard InChI is InChI=1S/C16H17N3O2/c1-10(20)11-4-3-5-13(8-11)19-15-7-6-12(9-14(15)17)16(21)18-2/h3-9,19H,17H2,1-2H3,(H,18,21). The normalized spacial score (nSPS) is 10.0. The van der Waals surface area contributed by atoms with Crippen LogP contribution in [0.5, 0.6) is 0 Å². The number of anilines is 3. The summed E-state index contributed by atoms with van der Waals surface area (Å²) in [4.78, 5) is 22.9. The van der Waals surface area contributed by atoms with Gasteiger partial charge in [-0.25, -0.2) is 0 Å². The first kappa shape index (κ1) is 14.6. The van der Waals surface area contributed by atoms with Gasteiger partial charge in [-0.3, -0.25) is 9.59 Å². The summed E-state index contributed by atoms with van der Waals surface area (Å²) in [5.74, 6) is -0.187. The van der Waals surface area contributed by atoms with E-state index in [1.165, 1.54) is 6.92 Å². The topological polar surface area (TPSA) is 84.2 Å². The number of carbonyl (C=O) groups excluding carboxylic acids is 2. The zero-order chi connectivity index (χ0) is 15.4. The first-order valence-electron chi connectivity index (χ1n) is 6.51. The maximum absolute atomic E-state index is 11.5. The molecule has 0 heterocycles. The predicted molar refractivity (Wildman–Crippen MR) is 84.0 cm³/mol. The molecule has 0 saturated heterocycles. The van der Waals surface area contributed by atoms with Crippen molar-refractivity contribution in [2.24, 2.45) is 0 Å². The Labute approximate surface area is 123 Å². The third kappa shape index (κ3) is 3.39. The van der Waals surface area contributed by atoms with Crippen LogP contribution in [0.3, 0.4) is 0 Å². The van der Waals surface area contributed by atoms with Crippen molar-refractivity contribution in [3.8, 4) is 0 Å². The SMILES string of the molecule is CNC(=O)c1ccc(Nc2cccc(C(C)=O)c2)c(N)c1. The van der Waals surface area contributed by atoms with Gasteiger partial charge >= 0.3 is 0 Å². The number of benzene rings is 2. The molecule has 1 amide bonds. The Kier molecular flexibility index (Phi) is 4.23. The predicted octanol–water partition coefficient (Wildman–Crippen LogP) is 2.57. The van der Waals surface area contributed by atoms with E-state index in [0.717, 1.165) is 5.69 Å². The fourth-order valence-corrected chi connectivity index (χ4v) is 1.93. The summed E-state index contributed by atoms with van der Waals surface area (Å²) in [6.45, 7) is 1.52. The van der Waals surface area contributed by atoms with Crippen LogP contribution in [0.15, 0.2) is 42.5 Å². The van der Waals surface area contributed by atoms with Crippen LogP contribution in [-0.4, -0.2) is 18.7 Å². The molecule has 0 aliphatic rings. The van der Waals surface area contributed by atoms with E-state index in [-0.39, 0.29) is 11.7 Å². The highest BCUT2D eigenvalue weighted by atomic mass is 16.1. The third-order valence-corrected chi connectivity index (χ3v) is 3.09. The van der Waals surface area contributed by atoms with E-state index in [1.807, 2.05) is 6.07 Å². The quantitative estimate of drug-likeness (QED) is 0.595. The number of nitrogens with two attached hydrogens (primary N) is 1. The lowest BCUT2D eigenvalue weighted by Crippen LogP contribution is -2.17. The highest BCUT2D eigenvalue weighted by Gasteiger charge is 2.07. The first-order chi connectivity index (χ1) is 10.0. The fraction of sp³-hybridized carbons (Fsp3) is 0.125. The van der Waals surface area contributed by atoms with Crippen LogP contribution in [0.25, 0.3) is 0 Å². The molecule has 2 aromatic carbocycles. The Balaban J connectivity index is 2.26. The minimum Gasteiger partial charge on any atom is -0.397 e. The smallest absolute Gasteiger partial charge is 0.251 e. The highest BCUT2D eigenvalue weighted by molar-refractivity contribution is 5.97. The average Bonchev–Trinajstić information content (AvgIpc) is 2.48. The minimum absolute atomic E-state index is 0.00147. The first-order valence-corrected chi connectivity index (χ1v) is 6.51. The Morgan fingerprint density at radius 3 is 2.43 bits per heavy atom. The molecule has 108 valence electrons. The number of nitrogens with one attached hydrogen (secondary N) is 2. The van der Waals surface area contributed by atoms with Crippen molar-refractivity contribution in [3.05, 3.63) is 53.6 Å². The van der Waals surface area contributed by atoms with Crippen molar-refractivity contribution in [2.75, 3.05) is 18.1 Å². The average molecular weight is 283 g/mol. The number of carbonyl (C=O) groups is 2. The van der Waals surface area contributed by atoms with Crippen LogP contribution >= 0.6 is 0 Å². The van der Waals surface area contributed by atoms with E-state index in [9.17, 15) is 9.59 Å². The second-order valence-corrected chi connectivity index (χ2v) is 4.64. The molecule has 0 saturated carbocycles. The molecule has 0 unspecified atom stereocenters. The van der Waals surface area contributed by atoms with Gasteiger partial charge in [-0.2, -0.15) is 0 Å². The number of Topliss-reactive ketones (excluding diaryl/α,β-unsaturated/α-hetero) is 1. The molecule has 2 rings (SSSR count). The molecule has 0 aliphatic carbocycles. The van der Waals surface area contributed by atoms with Crippen LogP contribution < -0.4 is 16.4 Å². The lowest BCUT2D eigenvalue weighted by molar-refractivity contribution is 0.0962. The second kappa shape index (κ2) is 6.09. The Morgan fingerprint density at radius 1 is 1.05 bits per heavy atom. The van der Waals surface area contributed by atoms with Gasteiger partial charge in [-0.05, 0) is 37.3 Å². The number of hydrogen-bond donors (Lipinski definition) is 3. The second-order valence-electron chi connectivity index (χ2n) is 4.64. The molecule has 5 heteroatoms. The van der Waals surface area contributed by atoms with Gasteiger partial charge in [0.2, 0.25) is 0 Å². The van der Waals surface area contributed by atoms with E-state index >= 15 is 0 Å². The fourth-order valence-electron chi connectivity index (χ4n) is 1.93. The summed E-state index contributed by atoms with van der Waals surface area (Å²) in [5.41, 5.74) is 8.99. The monoisotopic (exact) mass is 283 g/mol. The van der Waals surface area contributed by atoms with Gasteiger partial charge in [-0.15, -0.1) is 0 Å². The number of rotatable bonds is 4. The molecule has 21 heavy (non-hydrogen) atoms. The van der Waals surface area contributed by atoms with Crippen molar-refractivity contribution in [2.45, 2.75) is 6.92 Å². The molecule has 0 fully saturated rings. The van der Waals surface area contributed by atoms with E-state index < -0.39 is 0 Å². The summed E-state index contributed by atoms with van der Waals surface area (Å²) in [6, 6.07) is 12.2. The van der Waals surface area contributed by atoms with Crippen LogP contribution in [0.2, 0.25) is 0 Å². The molecule has 4 N–H and O–H groups in total. The molecule has 0 bridgehead atoms. The summed E-state index contributed by atoms with van der Waals surface area (Å²) in [7, 11) is 1.57. The zero-order valence-corrected chi connectivity index (χ0v) is 11.9. The van der Waals surface area contributed by atoms with E-state index in [2.05, 4.69) is 10.6 Å². The van der Waals surface area contributed by atoms with Crippen LogP contribution in [-0.2, 0) is 0 Å². The summed E-state index contributed by atoms with van der Waals surface area (Å²) >= 11 is 0. The number of amides is 1. The zero-order valence-electron chi connectivity index (χ0n) is 11.9. The van der Waals surface area contributed by atoms with Gasteiger partial charge in [-0.1, -0.05) is 12.1 Å². The lowest BCUT2D eigenvalue weighted by atomic mass is 10.1. The Bertz CT molecular complexity index is 696. The largest absolute Gasteiger partial charge is 0.397 e. The summed E-state index contributed by atoms with van der Waals surface area (Å²) < 4.78 is 0. The number of ketones is 1. The molecular formula is C16H17N3O2. The van der Waals surface area contributed by atoms with Gasteiger partial charge in [0.15, 0.2) is 5.78 Å². The van der Waals surface area contributed by atoms with Crippen LogP contribution in [0, 0.1) is 0 Å². The highest BCUT2D eigenvalue weighted by Crippen LogP contribution is 2.24. The molecule has 0 atom stereocenters. The maximum Gasteiger partial charge on any atom is 0.251 e. The minimum atomic E-state index is -0.188. The van der Waals surface area contributed by atoms with Crippen molar-refractivity contribution >= 4 is 28.8 Å². The molecule has 0 radical (unpaired) electrons. The Hall–Kier alpha value is -2.82. The van der Waals surface area contributed by atoms with E-state index in [4.69, 9.17) is 5.73 Å². The summed E-state index contributed by atoms with van der Waals surface area (Å²) in [5, 5.41) is 5.69. The van der Waals surface area contributed by atoms with Crippen molar-refractivity contribution in [1.29, 1.82) is 0 Å². The molecule has 2 aromatic rings. The lowest BCUT2D eigenvalue weighted by Gasteiger charge is -2.11. The van der Waals surface area contributed by atoms with Gasteiger partial charge in [0.1, 0.15) is 0 Å². The van der Waals surface area contributed by atoms with E-state index in [0.29, 0.717) is 22.5 Å². The number of hydrogen-bond acceptors (Lipinski definition) is 4. The third-order valence-electron chi connectivity index (χ3n) is 3.09. The van der Waals surface area contributed by atoms with Crippen molar-refractivity contribution in [1.82, 2.24) is 5.32 Å². The van der Waals surface area contributed by atoms with Gasteiger partial charge in [0.25, 0.3) is 5.91 Å². The van der Waals surface area contributed by atoms with E-state index in [1.54, 1.807) is 43.4 Å². The Morgan fingerprint density at radius 2 is 1.81 bits per heavy atom. The summed E-state index contributed by atoms with van der Waals surface area (Å²) in [6.07, 6.45) is 0. The van der Waals surface area contributed by atoms with Gasteiger partial charge in [0, 0.05) is 23.9 Å². The number of nitrogen functional groups attached to an aromatic ring is 1. The molecule has 0 aromatic heterocycles. The van der Waals surface area contributed by atoms with Crippen molar-refractivity contribution < 1.29 is 9.59 Å². The molecule has 5 nitrogen and oxygen atoms in total.